The molecule has 19 heavy (non-hydrogen) atoms. The summed E-state index contributed by atoms with van der Waals surface area (Å²) in [6.07, 6.45) is 2.36. The van der Waals surface area contributed by atoms with Gasteiger partial charge in [0.1, 0.15) is 18.7 Å². The van der Waals surface area contributed by atoms with Crippen LogP contribution in [0.3, 0.4) is 0 Å². The molecule has 100 valence electrons. The lowest BCUT2D eigenvalue weighted by Crippen LogP contribution is -2.32. The van der Waals surface area contributed by atoms with Gasteiger partial charge in [-0.05, 0) is 12.5 Å². The van der Waals surface area contributed by atoms with Crippen molar-refractivity contribution >= 4 is 0 Å². The highest BCUT2D eigenvalue weighted by molar-refractivity contribution is 5.20. The van der Waals surface area contributed by atoms with Crippen LogP contribution >= 0.6 is 0 Å². The predicted molar refractivity (Wildman–Crippen MR) is 68.7 cm³/mol. The van der Waals surface area contributed by atoms with Gasteiger partial charge in [0, 0.05) is 32.1 Å². The molecule has 0 spiro atoms. The molecule has 3 heterocycles. The molecule has 0 unspecified atom stereocenters. The summed E-state index contributed by atoms with van der Waals surface area (Å²) < 4.78 is 3.25. The van der Waals surface area contributed by atoms with E-state index < -0.39 is 0 Å². The minimum Gasteiger partial charge on any atom is -0.312 e. The number of aromatic nitrogens is 5. The Morgan fingerprint density at radius 3 is 3.16 bits per heavy atom. The molecule has 0 aromatic carbocycles. The Morgan fingerprint density at radius 1 is 1.42 bits per heavy atom. The molecule has 1 N–H and O–H groups in total. The quantitative estimate of drug-likeness (QED) is 0.808. The van der Waals surface area contributed by atoms with Gasteiger partial charge in [0.2, 0.25) is 0 Å². The highest BCUT2D eigenvalue weighted by Crippen LogP contribution is 2.08. The van der Waals surface area contributed by atoms with Crippen molar-refractivity contribution in [3.63, 3.8) is 0 Å². The van der Waals surface area contributed by atoms with Crippen molar-refractivity contribution in [1.82, 2.24) is 29.9 Å². The van der Waals surface area contributed by atoms with Crippen molar-refractivity contribution in [2.75, 3.05) is 6.54 Å². The smallest absolute Gasteiger partial charge is 0.267 e. The second-order valence-electron chi connectivity index (χ2n) is 4.53. The number of hydrogen-bond donors (Lipinski definition) is 1. The first kappa shape index (κ1) is 12.0. The first-order chi connectivity index (χ1) is 9.28. The van der Waals surface area contributed by atoms with Crippen LogP contribution in [0.25, 0.3) is 0 Å². The number of aryl methyl sites for hydroxylation is 1. The monoisotopic (exact) mass is 260 g/mol. The molecule has 0 saturated heterocycles. The van der Waals surface area contributed by atoms with E-state index in [1.165, 1.54) is 11.0 Å². The van der Waals surface area contributed by atoms with Crippen LogP contribution in [0.1, 0.15) is 24.0 Å². The lowest BCUT2D eigenvalue weighted by Gasteiger charge is -2.16. The summed E-state index contributed by atoms with van der Waals surface area (Å²) in [5.41, 5.74) is 1.92. The van der Waals surface area contributed by atoms with Crippen molar-refractivity contribution in [2.45, 2.75) is 33.0 Å². The zero-order valence-corrected chi connectivity index (χ0v) is 10.8. The molecule has 0 fully saturated rings. The second-order valence-corrected chi connectivity index (χ2v) is 4.53. The second kappa shape index (κ2) is 4.93. The lowest BCUT2D eigenvalue weighted by molar-refractivity contribution is 0.525. The highest BCUT2D eigenvalue weighted by Gasteiger charge is 2.14. The fraction of sp³-hybridized carbons (Fsp3) is 0.500. The average Bonchev–Trinajstić information content (AvgIpc) is 2.87. The summed E-state index contributed by atoms with van der Waals surface area (Å²) in [7, 11) is 0. The maximum Gasteiger partial charge on any atom is 0.267 e. The number of fused-ring (bicyclic) bond motifs is 1. The summed E-state index contributed by atoms with van der Waals surface area (Å²) in [5.74, 6) is 0.756. The SMILES string of the molecule is CCn1ncnc1Cn1nc2c(cc1=O)CNCC2. The molecule has 1 aliphatic heterocycles. The lowest BCUT2D eigenvalue weighted by atomic mass is 10.1. The van der Waals surface area contributed by atoms with Crippen molar-refractivity contribution in [1.29, 1.82) is 0 Å². The minimum atomic E-state index is -0.0897. The van der Waals surface area contributed by atoms with Crippen LogP contribution in [0.4, 0.5) is 0 Å². The van der Waals surface area contributed by atoms with E-state index in [0.29, 0.717) is 6.54 Å². The zero-order valence-electron chi connectivity index (χ0n) is 10.8. The molecule has 1 aliphatic rings. The number of hydrogen-bond acceptors (Lipinski definition) is 5. The molecule has 7 heteroatoms. The van der Waals surface area contributed by atoms with Crippen molar-refractivity contribution in [3.05, 3.63) is 39.8 Å². The summed E-state index contributed by atoms with van der Waals surface area (Å²) in [6, 6.07) is 1.67. The molecule has 3 rings (SSSR count). The van der Waals surface area contributed by atoms with Crippen LogP contribution in [0.5, 0.6) is 0 Å². The molecular formula is C12H16N6O. The fourth-order valence-electron chi connectivity index (χ4n) is 2.28. The Bertz CT molecular complexity index is 644. The topological polar surface area (TPSA) is 77.6 Å². The summed E-state index contributed by atoms with van der Waals surface area (Å²) in [4.78, 5) is 16.2. The van der Waals surface area contributed by atoms with E-state index in [9.17, 15) is 4.79 Å². The molecule has 0 radical (unpaired) electrons. The number of rotatable bonds is 3. The van der Waals surface area contributed by atoms with E-state index in [0.717, 1.165) is 43.1 Å². The Labute approximate surface area is 110 Å². The molecule has 2 aromatic rings. The minimum absolute atomic E-state index is 0.0897. The zero-order chi connectivity index (χ0) is 13.2. The first-order valence-electron chi connectivity index (χ1n) is 6.45. The standard InChI is InChI=1S/C12H16N6O/c1-2-17-11(14-8-15-17)7-18-12(19)5-9-6-13-4-3-10(9)16-18/h5,8,13H,2-4,6-7H2,1H3. The Kier molecular flexibility index (Phi) is 3.12. The molecule has 0 bridgehead atoms. The third-order valence-corrected chi connectivity index (χ3v) is 3.30. The molecule has 2 aromatic heterocycles. The van der Waals surface area contributed by atoms with Crippen molar-refractivity contribution < 1.29 is 0 Å². The molecule has 7 nitrogen and oxygen atoms in total. The van der Waals surface area contributed by atoms with Gasteiger partial charge in [-0.25, -0.2) is 14.3 Å². The Morgan fingerprint density at radius 2 is 2.32 bits per heavy atom. The van der Waals surface area contributed by atoms with Crippen molar-refractivity contribution in [2.24, 2.45) is 0 Å². The largest absolute Gasteiger partial charge is 0.312 e. The average molecular weight is 260 g/mol. The third-order valence-electron chi connectivity index (χ3n) is 3.30. The van der Waals surface area contributed by atoms with Crippen molar-refractivity contribution in [3.8, 4) is 0 Å². The molecule has 0 saturated carbocycles. The van der Waals surface area contributed by atoms with Gasteiger partial charge in [0.25, 0.3) is 5.56 Å². The summed E-state index contributed by atoms with van der Waals surface area (Å²) in [6.45, 7) is 4.73. The number of nitrogens with zero attached hydrogens (tertiary/aromatic N) is 5. The van der Waals surface area contributed by atoms with Crippen LogP contribution in [-0.2, 0) is 26.1 Å². The molecular weight excluding hydrogens is 244 g/mol. The van der Waals surface area contributed by atoms with Crippen LogP contribution in [0.15, 0.2) is 17.2 Å². The Balaban J connectivity index is 1.95. The molecule has 0 aliphatic carbocycles. The van der Waals surface area contributed by atoms with E-state index in [2.05, 4.69) is 20.5 Å². The highest BCUT2D eigenvalue weighted by atomic mass is 16.1. The summed E-state index contributed by atoms with van der Waals surface area (Å²) in [5, 5.41) is 11.8. The van der Waals surface area contributed by atoms with Gasteiger partial charge in [-0.1, -0.05) is 0 Å². The van der Waals surface area contributed by atoms with Crippen LogP contribution < -0.4 is 10.9 Å². The van der Waals surface area contributed by atoms with Gasteiger partial charge >= 0.3 is 0 Å². The predicted octanol–water partition coefficient (Wildman–Crippen LogP) is -0.451. The molecule has 0 atom stereocenters. The maximum atomic E-state index is 12.0. The van der Waals surface area contributed by atoms with Gasteiger partial charge in [-0.3, -0.25) is 4.79 Å². The van der Waals surface area contributed by atoms with Crippen LogP contribution in [-0.4, -0.2) is 31.1 Å². The van der Waals surface area contributed by atoms with Gasteiger partial charge < -0.3 is 5.32 Å². The number of nitrogens with one attached hydrogen (secondary N) is 1. The fourth-order valence-corrected chi connectivity index (χ4v) is 2.28. The van der Waals surface area contributed by atoms with E-state index in [-0.39, 0.29) is 5.56 Å². The van der Waals surface area contributed by atoms with Crippen LogP contribution in [0.2, 0.25) is 0 Å². The van der Waals surface area contributed by atoms with E-state index in [1.54, 1.807) is 10.7 Å². The third kappa shape index (κ3) is 2.28. The Hall–Kier alpha value is -2.02. The normalized spacial score (nSPS) is 14.4. The van der Waals surface area contributed by atoms with Crippen LogP contribution in [0, 0.1) is 0 Å². The molecule has 0 amide bonds. The first-order valence-corrected chi connectivity index (χ1v) is 6.45. The van der Waals surface area contributed by atoms with Gasteiger partial charge in [0.05, 0.1) is 5.69 Å². The van der Waals surface area contributed by atoms with E-state index in [1.807, 2.05) is 6.92 Å². The summed E-state index contributed by atoms with van der Waals surface area (Å²) >= 11 is 0. The van der Waals surface area contributed by atoms with Gasteiger partial charge in [0.15, 0.2) is 0 Å². The van der Waals surface area contributed by atoms with Gasteiger partial charge in [-0.2, -0.15) is 10.2 Å². The maximum absolute atomic E-state index is 12.0. The van der Waals surface area contributed by atoms with E-state index >= 15 is 0 Å². The van der Waals surface area contributed by atoms with Gasteiger partial charge in [-0.15, -0.1) is 0 Å². The van der Waals surface area contributed by atoms with E-state index in [4.69, 9.17) is 0 Å².